The maximum absolute atomic E-state index is 4.34. The molecule has 2 aromatic rings. The third-order valence-corrected chi connectivity index (χ3v) is 5.06. The number of aryl methyl sites for hydroxylation is 1. The lowest BCUT2D eigenvalue weighted by Crippen LogP contribution is -2.36. The first-order chi connectivity index (χ1) is 9.87. The first kappa shape index (κ1) is 16.6. The van der Waals surface area contributed by atoms with Crippen LogP contribution < -0.4 is 5.32 Å². The lowest BCUT2D eigenvalue weighted by Gasteiger charge is -2.20. The summed E-state index contributed by atoms with van der Waals surface area (Å²) >= 11 is 5.26. The van der Waals surface area contributed by atoms with Gasteiger partial charge in [0.25, 0.3) is 0 Å². The highest BCUT2D eigenvalue weighted by Crippen LogP contribution is 2.30. The molecule has 0 atom stereocenters. The summed E-state index contributed by atoms with van der Waals surface area (Å²) in [6, 6.07) is 6.20. The van der Waals surface area contributed by atoms with E-state index in [1.54, 1.807) is 11.3 Å². The van der Waals surface area contributed by atoms with Crippen molar-refractivity contribution in [2.45, 2.75) is 46.1 Å². The van der Waals surface area contributed by atoms with Crippen LogP contribution in [0.1, 0.15) is 37.8 Å². The molecule has 0 radical (unpaired) electrons. The summed E-state index contributed by atoms with van der Waals surface area (Å²) in [7, 11) is 0. The molecule has 114 valence electrons. The molecule has 0 saturated carbocycles. The topological polar surface area (TPSA) is 37.8 Å². The summed E-state index contributed by atoms with van der Waals surface area (Å²) in [6.45, 7) is 9.67. The molecule has 5 heteroatoms. The van der Waals surface area contributed by atoms with Gasteiger partial charge >= 0.3 is 0 Å². The summed E-state index contributed by atoms with van der Waals surface area (Å²) in [5, 5.41) is 14.3. The Morgan fingerprint density at radius 3 is 2.71 bits per heavy atom. The van der Waals surface area contributed by atoms with E-state index in [0.29, 0.717) is 0 Å². The molecule has 0 unspecified atom stereocenters. The smallest absolute Gasteiger partial charge is 0.148 e. The van der Waals surface area contributed by atoms with Crippen molar-refractivity contribution in [3.8, 4) is 10.6 Å². The minimum Gasteiger partial charge on any atom is -0.312 e. The van der Waals surface area contributed by atoms with Crippen LogP contribution in [0.25, 0.3) is 10.6 Å². The number of nitrogens with one attached hydrogen (secondary N) is 1. The quantitative estimate of drug-likeness (QED) is 0.784. The fourth-order valence-electron chi connectivity index (χ4n) is 2.01. The van der Waals surface area contributed by atoms with Gasteiger partial charge in [-0.3, -0.25) is 0 Å². The molecule has 0 spiro atoms. The van der Waals surface area contributed by atoms with E-state index in [9.17, 15) is 0 Å². The summed E-state index contributed by atoms with van der Waals surface area (Å²) < 4.78 is 1.12. The van der Waals surface area contributed by atoms with Gasteiger partial charge in [0.05, 0.1) is 0 Å². The maximum Gasteiger partial charge on any atom is 0.148 e. The van der Waals surface area contributed by atoms with E-state index >= 15 is 0 Å². The van der Waals surface area contributed by atoms with Crippen LogP contribution in [0.4, 0.5) is 0 Å². The minimum atomic E-state index is 0.180. The van der Waals surface area contributed by atoms with Crippen LogP contribution in [0.3, 0.4) is 0 Å². The van der Waals surface area contributed by atoms with Crippen molar-refractivity contribution in [3.63, 3.8) is 0 Å². The van der Waals surface area contributed by atoms with Crippen LogP contribution in [0, 0.1) is 6.92 Å². The van der Waals surface area contributed by atoms with E-state index in [4.69, 9.17) is 0 Å². The average molecular weight is 368 g/mol. The number of nitrogens with zero attached hydrogens (tertiary/aromatic N) is 2. The van der Waals surface area contributed by atoms with Crippen LogP contribution in [0.2, 0.25) is 0 Å². The van der Waals surface area contributed by atoms with Gasteiger partial charge in [0.1, 0.15) is 10.0 Å². The average Bonchev–Trinajstić information content (AvgIpc) is 2.85. The van der Waals surface area contributed by atoms with Crippen molar-refractivity contribution in [1.29, 1.82) is 0 Å². The van der Waals surface area contributed by atoms with Crippen LogP contribution >= 0.6 is 27.3 Å². The lowest BCUT2D eigenvalue weighted by atomic mass is 10.1. The number of halogens is 1. The molecule has 1 N–H and O–H groups in total. The van der Waals surface area contributed by atoms with E-state index in [2.05, 4.69) is 71.3 Å². The van der Waals surface area contributed by atoms with E-state index in [0.717, 1.165) is 33.9 Å². The highest BCUT2D eigenvalue weighted by Gasteiger charge is 2.11. The van der Waals surface area contributed by atoms with Gasteiger partial charge < -0.3 is 5.32 Å². The van der Waals surface area contributed by atoms with Gasteiger partial charge in [-0.25, -0.2) is 0 Å². The maximum atomic E-state index is 4.34. The third-order valence-electron chi connectivity index (χ3n) is 3.19. The van der Waals surface area contributed by atoms with Crippen LogP contribution in [0.15, 0.2) is 22.7 Å². The van der Waals surface area contributed by atoms with Gasteiger partial charge in [0.2, 0.25) is 0 Å². The second kappa shape index (κ2) is 6.99. The molecule has 2 rings (SSSR count). The Morgan fingerprint density at radius 2 is 2.00 bits per heavy atom. The monoisotopic (exact) mass is 367 g/mol. The van der Waals surface area contributed by atoms with E-state index in [1.165, 1.54) is 11.1 Å². The number of hydrogen-bond acceptors (Lipinski definition) is 4. The van der Waals surface area contributed by atoms with Crippen molar-refractivity contribution in [2.24, 2.45) is 0 Å². The molecule has 3 nitrogen and oxygen atoms in total. The Hall–Kier alpha value is -0.780. The lowest BCUT2D eigenvalue weighted by molar-refractivity contribution is 0.422. The molecular formula is C16H22BrN3S. The van der Waals surface area contributed by atoms with E-state index < -0.39 is 0 Å². The predicted octanol–water partition coefficient (Wildman–Crippen LogP) is 4.60. The molecule has 0 aliphatic carbocycles. The SMILES string of the molecule is Cc1c(Br)cccc1-c1nnc(CCCNC(C)(C)C)s1. The first-order valence-corrected chi connectivity index (χ1v) is 8.81. The van der Waals surface area contributed by atoms with Gasteiger partial charge in [-0.1, -0.05) is 39.4 Å². The summed E-state index contributed by atoms with van der Waals surface area (Å²) in [6.07, 6.45) is 2.07. The van der Waals surface area contributed by atoms with E-state index in [1.807, 2.05) is 6.07 Å². The molecule has 0 saturated heterocycles. The molecule has 0 fully saturated rings. The standard InChI is InChI=1S/C16H22BrN3S/c1-11-12(7-5-8-13(11)17)15-20-19-14(21-15)9-6-10-18-16(2,3)4/h5,7-8,18H,6,9-10H2,1-4H3. The summed E-state index contributed by atoms with van der Waals surface area (Å²) in [5.41, 5.74) is 2.57. The predicted molar refractivity (Wildman–Crippen MR) is 93.9 cm³/mol. The summed E-state index contributed by atoms with van der Waals surface area (Å²) in [4.78, 5) is 0. The van der Waals surface area contributed by atoms with Crippen molar-refractivity contribution in [3.05, 3.63) is 33.2 Å². The van der Waals surface area contributed by atoms with Crippen molar-refractivity contribution in [2.75, 3.05) is 6.54 Å². The Bertz CT molecular complexity index is 602. The first-order valence-electron chi connectivity index (χ1n) is 7.20. The summed E-state index contributed by atoms with van der Waals surface area (Å²) in [5.74, 6) is 0. The fourth-order valence-corrected chi connectivity index (χ4v) is 3.34. The molecule has 0 aliphatic rings. The Kier molecular flexibility index (Phi) is 5.52. The molecule has 0 bridgehead atoms. The zero-order valence-corrected chi connectivity index (χ0v) is 15.4. The van der Waals surface area contributed by atoms with Crippen LogP contribution in [-0.2, 0) is 6.42 Å². The van der Waals surface area contributed by atoms with Crippen molar-refractivity contribution >= 4 is 27.3 Å². The normalized spacial score (nSPS) is 11.9. The van der Waals surface area contributed by atoms with Crippen molar-refractivity contribution < 1.29 is 0 Å². The number of benzene rings is 1. The second-order valence-electron chi connectivity index (χ2n) is 6.19. The highest BCUT2D eigenvalue weighted by atomic mass is 79.9. The van der Waals surface area contributed by atoms with Gasteiger partial charge in [-0.15, -0.1) is 10.2 Å². The molecule has 1 heterocycles. The molecular weight excluding hydrogens is 346 g/mol. The Balaban J connectivity index is 1.97. The highest BCUT2D eigenvalue weighted by molar-refractivity contribution is 9.10. The number of aromatic nitrogens is 2. The molecule has 0 aliphatic heterocycles. The minimum absolute atomic E-state index is 0.180. The van der Waals surface area contributed by atoms with Gasteiger partial charge in [0, 0.05) is 22.0 Å². The largest absolute Gasteiger partial charge is 0.312 e. The van der Waals surface area contributed by atoms with Gasteiger partial charge in [-0.2, -0.15) is 0 Å². The molecule has 1 aromatic carbocycles. The van der Waals surface area contributed by atoms with Crippen LogP contribution in [-0.4, -0.2) is 22.3 Å². The zero-order chi connectivity index (χ0) is 15.5. The fraction of sp³-hybridized carbons (Fsp3) is 0.500. The van der Waals surface area contributed by atoms with Crippen molar-refractivity contribution in [1.82, 2.24) is 15.5 Å². The van der Waals surface area contributed by atoms with Crippen LogP contribution in [0.5, 0.6) is 0 Å². The second-order valence-corrected chi connectivity index (χ2v) is 8.11. The molecule has 21 heavy (non-hydrogen) atoms. The van der Waals surface area contributed by atoms with Gasteiger partial charge in [-0.05, 0) is 52.3 Å². The van der Waals surface area contributed by atoms with Gasteiger partial charge in [0.15, 0.2) is 0 Å². The Morgan fingerprint density at radius 1 is 1.24 bits per heavy atom. The van der Waals surface area contributed by atoms with E-state index in [-0.39, 0.29) is 5.54 Å². The molecule has 1 aromatic heterocycles. The number of hydrogen-bond donors (Lipinski definition) is 1. The molecule has 0 amide bonds. The number of rotatable bonds is 5. The Labute approximate surface area is 139 Å². The zero-order valence-electron chi connectivity index (χ0n) is 13.0. The third kappa shape index (κ3) is 4.87.